The third kappa shape index (κ3) is 4.04. The highest BCUT2D eigenvalue weighted by molar-refractivity contribution is 9.11. The van der Waals surface area contributed by atoms with Gasteiger partial charge in [0.2, 0.25) is 0 Å². The molecule has 10 heteroatoms. The number of benzene rings is 1. The Balaban J connectivity index is 1.71. The highest BCUT2D eigenvalue weighted by Crippen LogP contribution is 2.29. The zero-order valence-electron chi connectivity index (χ0n) is 12.8. The molecule has 1 aromatic carbocycles. The molecule has 0 N–H and O–H groups in total. The lowest BCUT2D eigenvalue weighted by Gasteiger charge is -2.33. The lowest BCUT2D eigenvalue weighted by atomic mass is 10.2. The van der Waals surface area contributed by atoms with Gasteiger partial charge in [-0.3, -0.25) is 4.79 Å². The zero-order valence-corrected chi connectivity index (χ0v) is 17.5. The Morgan fingerprint density at radius 3 is 2.36 bits per heavy atom. The SMILES string of the molecule is O=C(c1cc(Cl)ccc1Cl)N1CCN(S(=O)(=O)c2ccc(Br)s2)CC1. The van der Waals surface area contributed by atoms with E-state index in [2.05, 4.69) is 15.9 Å². The first-order valence-corrected chi connectivity index (χ1v) is 11.1. The molecule has 2 aromatic rings. The van der Waals surface area contributed by atoms with Gasteiger partial charge in [0.15, 0.2) is 0 Å². The molecule has 25 heavy (non-hydrogen) atoms. The predicted octanol–water partition coefficient (Wildman–Crippen LogP) is 3.96. The molecule has 0 bridgehead atoms. The van der Waals surface area contributed by atoms with Crippen molar-refractivity contribution >= 4 is 66.4 Å². The third-order valence-electron chi connectivity index (χ3n) is 3.83. The summed E-state index contributed by atoms with van der Waals surface area (Å²) in [7, 11) is -3.53. The molecule has 0 aliphatic carbocycles. The van der Waals surface area contributed by atoms with Crippen LogP contribution in [0.1, 0.15) is 10.4 Å². The summed E-state index contributed by atoms with van der Waals surface area (Å²) in [5.74, 6) is -0.247. The van der Waals surface area contributed by atoms with Crippen LogP contribution >= 0.6 is 50.5 Å². The minimum Gasteiger partial charge on any atom is -0.336 e. The second kappa shape index (κ2) is 7.54. The number of rotatable bonds is 3. The quantitative estimate of drug-likeness (QED) is 0.663. The fourth-order valence-electron chi connectivity index (χ4n) is 2.53. The van der Waals surface area contributed by atoms with Crippen molar-refractivity contribution < 1.29 is 13.2 Å². The van der Waals surface area contributed by atoms with E-state index in [1.807, 2.05) is 0 Å². The molecular formula is C15H13BrCl2N2O3S2. The van der Waals surface area contributed by atoms with E-state index >= 15 is 0 Å². The van der Waals surface area contributed by atoms with Gasteiger partial charge >= 0.3 is 0 Å². The molecule has 0 spiro atoms. The smallest absolute Gasteiger partial charge is 0.255 e. The predicted molar refractivity (Wildman–Crippen MR) is 103 cm³/mol. The van der Waals surface area contributed by atoms with E-state index in [0.717, 1.165) is 3.79 Å². The summed E-state index contributed by atoms with van der Waals surface area (Å²) in [6.07, 6.45) is 0. The summed E-state index contributed by atoms with van der Waals surface area (Å²) in [6, 6.07) is 8.00. The van der Waals surface area contributed by atoms with Gasteiger partial charge in [-0.15, -0.1) is 11.3 Å². The van der Waals surface area contributed by atoms with E-state index in [1.165, 1.54) is 21.7 Å². The molecule has 0 saturated carbocycles. The van der Waals surface area contributed by atoms with E-state index in [4.69, 9.17) is 23.2 Å². The monoisotopic (exact) mass is 482 g/mol. The lowest BCUT2D eigenvalue weighted by molar-refractivity contribution is 0.0698. The van der Waals surface area contributed by atoms with E-state index in [-0.39, 0.29) is 23.2 Å². The molecule has 3 rings (SSSR count). The van der Waals surface area contributed by atoms with Gasteiger partial charge in [0, 0.05) is 31.2 Å². The van der Waals surface area contributed by atoms with Crippen LogP contribution < -0.4 is 0 Å². The minimum atomic E-state index is -3.53. The molecule has 1 aliphatic heterocycles. The first-order valence-electron chi connectivity index (χ1n) is 7.29. The van der Waals surface area contributed by atoms with Gasteiger partial charge in [0.1, 0.15) is 4.21 Å². The number of piperazine rings is 1. The van der Waals surface area contributed by atoms with Crippen LogP contribution in [0.5, 0.6) is 0 Å². The van der Waals surface area contributed by atoms with Crippen molar-refractivity contribution in [1.29, 1.82) is 0 Å². The number of halogens is 3. The number of carbonyl (C=O) groups excluding carboxylic acids is 1. The number of nitrogens with zero attached hydrogens (tertiary/aromatic N) is 2. The first kappa shape index (κ1) is 19.1. The van der Waals surface area contributed by atoms with E-state index < -0.39 is 10.0 Å². The van der Waals surface area contributed by atoms with Crippen molar-refractivity contribution in [3.8, 4) is 0 Å². The maximum absolute atomic E-state index is 12.6. The number of thiophene rings is 1. The fraction of sp³-hybridized carbons (Fsp3) is 0.267. The normalized spacial score (nSPS) is 16.2. The van der Waals surface area contributed by atoms with Crippen LogP contribution in [0, 0.1) is 0 Å². The van der Waals surface area contributed by atoms with Gasteiger partial charge in [0.05, 0.1) is 14.4 Å². The summed E-state index contributed by atoms with van der Waals surface area (Å²) >= 11 is 16.5. The molecule has 1 aliphatic rings. The van der Waals surface area contributed by atoms with E-state index in [1.54, 1.807) is 29.2 Å². The summed E-state index contributed by atoms with van der Waals surface area (Å²) in [6.45, 7) is 1.07. The molecule has 134 valence electrons. The van der Waals surface area contributed by atoms with Crippen LogP contribution in [0.3, 0.4) is 0 Å². The summed E-state index contributed by atoms with van der Waals surface area (Å²) in [5.41, 5.74) is 0.327. The van der Waals surface area contributed by atoms with Crippen LogP contribution in [0.15, 0.2) is 38.3 Å². The number of hydrogen-bond donors (Lipinski definition) is 0. The van der Waals surface area contributed by atoms with Gasteiger partial charge < -0.3 is 4.90 Å². The molecule has 5 nitrogen and oxygen atoms in total. The second-order valence-corrected chi connectivity index (χ2v) is 10.9. The van der Waals surface area contributed by atoms with Crippen molar-refractivity contribution in [2.45, 2.75) is 4.21 Å². The van der Waals surface area contributed by atoms with Gasteiger partial charge in [0.25, 0.3) is 15.9 Å². The molecule has 0 unspecified atom stereocenters. The van der Waals surface area contributed by atoms with Crippen LogP contribution in [-0.4, -0.2) is 49.7 Å². The topological polar surface area (TPSA) is 57.7 Å². The van der Waals surface area contributed by atoms with Gasteiger partial charge in [-0.2, -0.15) is 4.31 Å². The molecule has 1 amide bonds. The molecule has 0 radical (unpaired) electrons. The summed E-state index contributed by atoms with van der Waals surface area (Å²) in [5, 5.41) is 0.755. The third-order valence-corrected chi connectivity index (χ3v) is 8.38. The molecule has 2 heterocycles. The standard InChI is InChI=1S/C15H13BrCl2N2O3S2/c16-13-3-4-14(24-13)25(22,23)20-7-5-19(6-8-20)15(21)11-9-10(17)1-2-12(11)18/h1-4,9H,5-8H2. The summed E-state index contributed by atoms with van der Waals surface area (Å²) in [4.78, 5) is 14.2. The van der Waals surface area contributed by atoms with Crippen molar-refractivity contribution in [3.63, 3.8) is 0 Å². The average Bonchev–Trinajstić information content (AvgIpc) is 3.04. The molecule has 1 aromatic heterocycles. The zero-order chi connectivity index (χ0) is 18.2. The van der Waals surface area contributed by atoms with Crippen LogP contribution in [0.2, 0.25) is 10.0 Å². The van der Waals surface area contributed by atoms with Crippen molar-refractivity contribution in [2.24, 2.45) is 0 Å². The number of hydrogen-bond acceptors (Lipinski definition) is 4. The van der Waals surface area contributed by atoms with Crippen molar-refractivity contribution in [2.75, 3.05) is 26.2 Å². The Morgan fingerprint density at radius 2 is 1.76 bits per heavy atom. The molecule has 0 atom stereocenters. The maximum Gasteiger partial charge on any atom is 0.255 e. The Labute approximate surface area is 168 Å². The van der Waals surface area contributed by atoms with Crippen molar-refractivity contribution in [1.82, 2.24) is 9.21 Å². The second-order valence-electron chi connectivity index (χ2n) is 5.38. The molecular weight excluding hydrogens is 471 g/mol. The number of amides is 1. The minimum absolute atomic E-state index is 0.238. The van der Waals surface area contributed by atoms with Crippen LogP contribution in [-0.2, 0) is 10.0 Å². The molecule has 1 fully saturated rings. The largest absolute Gasteiger partial charge is 0.336 e. The Bertz CT molecular complexity index is 909. The van der Waals surface area contributed by atoms with Gasteiger partial charge in [-0.1, -0.05) is 23.2 Å². The first-order chi connectivity index (χ1) is 11.8. The number of sulfonamides is 1. The Kier molecular flexibility index (Phi) is 5.77. The Hall–Kier alpha value is -0.640. The fourth-order valence-corrected chi connectivity index (χ4v) is 6.48. The summed E-state index contributed by atoms with van der Waals surface area (Å²) < 4.78 is 27.7. The Morgan fingerprint density at radius 1 is 1.08 bits per heavy atom. The van der Waals surface area contributed by atoms with E-state index in [0.29, 0.717) is 28.7 Å². The highest BCUT2D eigenvalue weighted by Gasteiger charge is 2.31. The number of carbonyl (C=O) groups is 1. The van der Waals surface area contributed by atoms with Crippen molar-refractivity contribution in [3.05, 3.63) is 49.7 Å². The highest BCUT2D eigenvalue weighted by atomic mass is 79.9. The molecule has 1 saturated heterocycles. The van der Waals surface area contributed by atoms with Crippen LogP contribution in [0.4, 0.5) is 0 Å². The lowest BCUT2D eigenvalue weighted by Crippen LogP contribution is -2.50. The average molecular weight is 484 g/mol. The van der Waals surface area contributed by atoms with Crippen LogP contribution in [0.25, 0.3) is 0 Å². The van der Waals surface area contributed by atoms with Gasteiger partial charge in [-0.05, 0) is 46.3 Å². The van der Waals surface area contributed by atoms with Gasteiger partial charge in [-0.25, -0.2) is 8.42 Å². The van der Waals surface area contributed by atoms with E-state index in [9.17, 15) is 13.2 Å². The maximum atomic E-state index is 12.6.